The fraction of sp³-hybridized carbons (Fsp3) is 0.188. The lowest BCUT2D eigenvalue weighted by molar-refractivity contribution is -0.153. The van der Waals surface area contributed by atoms with E-state index in [-0.39, 0.29) is 11.4 Å². The Morgan fingerprint density at radius 1 is 1.33 bits per heavy atom. The Balaban J connectivity index is 2.07. The summed E-state index contributed by atoms with van der Waals surface area (Å²) in [5.41, 5.74) is 0.874. The summed E-state index contributed by atoms with van der Waals surface area (Å²) in [6.45, 7) is 0.282. The number of rotatable bonds is 5. The van der Waals surface area contributed by atoms with Crippen LogP contribution in [-0.2, 0) is 4.79 Å². The maximum atomic E-state index is 12.3. The van der Waals surface area contributed by atoms with Gasteiger partial charge in [0, 0.05) is 6.08 Å². The summed E-state index contributed by atoms with van der Waals surface area (Å²) >= 11 is 1.99. The van der Waals surface area contributed by atoms with Crippen LogP contribution in [-0.4, -0.2) is 18.7 Å². The van der Waals surface area contributed by atoms with Crippen LogP contribution in [0.3, 0.4) is 0 Å². The molecule has 1 aromatic carbocycles. The molecule has 0 aliphatic carbocycles. The van der Waals surface area contributed by atoms with Gasteiger partial charge >= 0.3 is 6.18 Å². The summed E-state index contributed by atoms with van der Waals surface area (Å²) in [6.07, 6.45) is -1.77. The molecule has 0 unspecified atom stereocenters. The van der Waals surface area contributed by atoms with Crippen LogP contribution < -0.4 is 10.1 Å². The number of halogens is 4. The third-order valence-corrected chi connectivity index (χ3v) is 3.36. The Labute approximate surface area is 149 Å². The molecule has 0 spiro atoms. The fourth-order valence-electron chi connectivity index (χ4n) is 1.76. The number of hydrogen-bond donors (Lipinski definition) is 1. The number of nitrogens with one attached hydrogen (secondary N) is 1. The van der Waals surface area contributed by atoms with E-state index in [1.807, 2.05) is 22.6 Å². The number of furan rings is 1. The largest absolute Gasteiger partial charge is 0.482 e. The maximum absolute atomic E-state index is 12.3. The molecule has 0 fully saturated rings. The number of amides is 1. The molecule has 0 aliphatic heterocycles. The minimum absolute atomic E-state index is 0.0402. The Morgan fingerprint density at radius 3 is 2.71 bits per heavy atom. The fourth-order valence-corrected chi connectivity index (χ4v) is 2.20. The van der Waals surface area contributed by atoms with Gasteiger partial charge in [-0.3, -0.25) is 4.79 Å². The number of aryl methyl sites for hydroxylation is 1. The van der Waals surface area contributed by atoms with E-state index >= 15 is 0 Å². The quantitative estimate of drug-likeness (QED) is 0.526. The molecular formula is C16H13F3INO3. The third-order valence-electron chi connectivity index (χ3n) is 2.78. The summed E-state index contributed by atoms with van der Waals surface area (Å²) in [7, 11) is 0. The number of hydrogen-bond acceptors (Lipinski definition) is 3. The monoisotopic (exact) mass is 451 g/mol. The molecule has 8 heteroatoms. The van der Waals surface area contributed by atoms with Gasteiger partial charge in [-0.25, -0.2) is 0 Å². The van der Waals surface area contributed by atoms with Gasteiger partial charge in [-0.2, -0.15) is 13.2 Å². The van der Waals surface area contributed by atoms with Gasteiger partial charge in [-0.1, -0.05) is 6.07 Å². The highest BCUT2D eigenvalue weighted by molar-refractivity contribution is 14.1. The second-order valence-corrected chi connectivity index (χ2v) is 5.93. The maximum Gasteiger partial charge on any atom is 0.422 e. The van der Waals surface area contributed by atoms with Gasteiger partial charge in [0.1, 0.15) is 11.5 Å². The van der Waals surface area contributed by atoms with Crippen molar-refractivity contribution < 1.29 is 27.1 Å². The van der Waals surface area contributed by atoms with E-state index in [0.717, 1.165) is 0 Å². The number of carbonyl (C=O) groups excluding carboxylic acids is 1. The van der Waals surface area contributed by atoms with E-state index in [2.05, 4.69) is 5.32 Å². The lowest BCUT2D eigenvalue weighted by atomic mass is 10.2. The van der Waals surface area contributed by atoms with Crippen LogP contribution in [0.25, 0.3) is 6.08 Å². The van der Waals surface area contributed by atoms with Gasteiger partial charge in [0.15, 0.2) is 10.4 Å². The second-order valence-electron chi connectivity index (χ2n) is 4.87. The number of anilines is 1. The molecule has 128 valence electrons. The zero-order valence-electron chi connectivity index (χ0n) is 12.5. The topological polar surface area (TPSA) is 51.5 Å². The Bertz CT molecular complexity index is 753. The summed E-state index contributed by atoms with van der Waals surface area (Å²) in [4.78, 5) is 11.9. The van der Waals surface area contributed by atoms with Gasteiger partial charge < -0.3 is 14.5 Å². The Kier molecular flexibility index (Phi) is 5.92. The average Bonchev–Trinajstić information content (AvgIpc) is 2.90. The molecule has 0 aliphatic rings. The Morgan fingerprint density at radius 2 is 2.08 bits per heavy atom. The molecule has 1 aromatic heterocycles. The number of carbonyl (C=O) groups is 1. The van der Waals surface area contributed by atoms with Crippen LogP contribution in [0.5, 0.6) is 5.75 Å². The molecule has 0 radical (unpaired) electrons. The lowest BCUT2D eigenvalue weighted by Crippen LogP contribution is -2.20. The van der Waals surface area contributed by atoms with Crippen molar-refractivity contribution >= 4 is 40.3 Å². The Hall–Kier alpha value is -1.97. The van der Waals surface area contributed by atoms with Crippen LogP contribution in [0, 0.1) is 10.7 Å². The first-order valence-corrected chi connectivity index (χ1v) is 7.85. The van der Waals surface area contributed by atoms with Crippen molar-refractivity contribution in [3.8, 4) is 5.75 Å². The normalized spacial score (nSPS) is 11.7. The molecule has 0 saturated carbocycles. The molecular weight excluding hydrogens is 438 g/mol. The minimum Gasteiger partial charge on any atom is -0.482 e. The van der Waals surface area contributed by atoms with E-state index in [0.29, 0.717) is 15.1 Å². The first kappa shape index (κ1) is 18.4. The SMILES string of the molecule is Cc1ccc(NC(=O)/C=C/c2ccc(I)o2)c(OCC(F)(F)F)c1. The minimum atomic E-state index is -4.46. The number of alkyl halides is 3. The van der Waals surface area contributed by atoms with E-state index < -0.39 is 18.7 Å². The van der Waals surface area contributed by atoms with Crippen molar-refractivity contribution in [1.29, 1.82) is 0 Å². The van der Waals surface area contributed by atoms with Gasteiger partial charge in [-0.05, 0) is 65.4 Å². The predicted octanol–water partition coefficient (Wildman–Crippen LogP) is 4.79. The molecule has 0 saturated heterocycles. The van der Waals surface area contributed by atoms with Crippen LogP contribution in [0.15, 0.2) is 40.8 Å². The van der Waals surface area contributed by atoms with Crippen molar-refractivity contribution in [1.82, 2.24) is 0 Å². The zero-order valence-corrected chi connectivity index (χ0v) is 14.6. The van der Waals surface area contributed by atoms with Gasteiger partial charge in [0.2, 0.25) is 5.91 Å². The second kappa shape index (κ2) is 7.73. The zero-order chi connectivity index (χ0) is 17.7. The third kappa shape index (κ3) is 5.91. The van der Waals surface area contributed by atoms with Crippen molar-refractivity contribution in [2.75, 3.05) is 11.9 Å². The molecule has 2 aromatic rings. The summed E-state index contributed by atoms with van der Waals surface area (Å²) in [5, 5.41) is 2.49. The lowest BCUT2D eigenvalue weighted by Gasteiger charge is -2.14. The highest BCUT2D eigenvalue weighted by Gasteiger charge is 2.29. The summed E-state index contributed by atoms with van der Waals surface area (Å²) in [6, 6.07) is 8.01. The first-order chi connectivity index (χ1) is 11.2. The highest BCUT2D eigenvalue weighted by Crippen LogP contribution is 2.28. The smallest absolute Gasteiger partial charge is 0.422 e. The van der Waals surface area contributed by atoms with E-state index in [4.69, 9.17) is 9.15 Å². The first-order valence-electron chi connectivity index (χ1n) is 6.77. The molecule has 1 amide bonds. The molecule has 1 heterocycles. The highest BCUT2D eigenvalue weighted by atomic mass is 127. The average molecular weight is 451 g/mol. The van der Waals surface area contributed by atoms with Crippen molar-refractivity contribution in [3.05, 3.63) is 51.5 Å². The molecule has 0 atom stereocenters. The molecule has 1 N–H and O–H groups in total. The van der Waals surface area contributed by atoms with Crippen molar-refractivity contribution in [2.24, 2.45) is 0 Å². The molecule has 4 nitrogen and oxygen atoms in total. The van der Waals surface area contributed by atoms with Crippen LogP contribution in [0.1, 0.15) is 11.3 Å². The van der Waals surface area contributed by atoms with Crippen LogP contribution >= 0.6 is 22.6 Å². The molecule has 24 heavy (non-hydrogen) atoms. The summed E-state index contributed by atoms with van der Waals surface area (Å²) in [5.74, 6) is -0.0595. The number of ether oxygens (including phenoxy) is 1. The predicted molar refractivity (Wildman–Crippen MR) is 91.8 cm³/mol. The van der Waals surface area contributed by atoms with Gasteiger partial charge in [-0.15, -0.1) is 0 Å². The van der Waals surface area contributed by atoms with E-state index in [9.17, 15) is 18.0 Å². The van der Waals surface area contributed by atoms with Crippen LogP contribution in [0.4, 0.5) is 18.9 Å². The van der Waals surface area contributed by atoms with Crippen LogP contribution in [0.2, 0.25) is 0 Å². The summed E-state index contributed by atoms with van der Waals surface area (Å²) < 4.78 is 47.6. The number of benzene rings is 1. The van der Waals surface area contributed by atoms with Crippen molar-refractivity contribution in [2.45, 2.75) is 13.1 Å². The van der Waals surface area contributed by atoms with E-state index in [1.54, 1.807) is 25.1 Å². The molecule has 0 bridgehead atoms. The molecule has 2 rings (SSSR count). The van der Waals surface area contributed by atoms with Crippen molar-refractivity contribution in [3.63, 3.8) is 0 Å². The standard InChI is InChI=1S/C16H13F3INO3/c1-10-2-5-12(13(8-10)23-9-16(17,18)19)21-15(22)7-4-11-3-6-14(20)24-11/h2-8H,9H2,1H3,(H,21,22)/b7-4+. The van der Waals surface area contributed by atoms with Gasteiger partial charge in [0.25, 0.3) is 0 Å². The van der Waals surface area contributed by atoms with Gasteiger partial charge in [0.05, 0.1) is 5.69 Å². The van der Waals surface area contributed by atoms with E-state index in [1.165, 1.54) is 24.3 Å².